The summed E-state index contributed by atoms with van der Waals surface area (Å²) in [5.74, 6) is 0. The molecule has 0 aliphatic heterocycles. The second kappa shape index (κ2) is 24.0. The van der Waals surface area contributed by atoms with Crippen LogP contribution >= 0.6 is 11.3 Å². The van der Waals surface area contributed by atoms with E-state index in [0.29, 0.717) is 0 Å². The number of fused-ring (bicyclic) bond motifs is 24. The highest BCUT2D eigenvalue weighted by Gasteiger charge is 2.35. The van der Waals surface area contributed by atoms with Crippen LogP contribution in [0.1, 0.15) is 25.0 Å². The lowest BCUT2D eigenvalue weighted by Gasteiger charge is -2.27. The molecular weight excluding hydrogens is 1360 g/mol. The largest absolute Gasteiger partial charge is 0.456 e. The molecule has 0 saturated heterocycles. The van der Waals surface area contributed by atoms with Crippen molar-refractivity contribution >= 4 is 196 Å². The molecule has 0 saturated carbocycles. The molecule has 0 bridgehead atoms. The van der Waals surface area contributed by atoms with E-state index < -0.39 is 0 Å². The topological polar surface area (TPSA) is 59.0 Å². The molecule has 18 aromatic carbocycles. The average Bonchev–Trinajstić information content (AvgIpc) is 1.38. The first-order valence-electron chi connectivity index (χ1n) is 37.6. The number of hydrogen-bond acceptors (Lipinski definition) is 7. The van der Waals surface area contributed by atoms with Crippen molar-refractivity contribution in [1.29, 1.82) is 0 Å². The van der Waals surface area contributed by atoms with Gasteiger partial charge in [0, 0.05) is 126 Å². The van der Waals surface area contributed by atoms with E-state index in [1.807, 2.05) is 35.6 Å². The van der Waals surface area contributed by atoms with Gasteiger partial charge >= 0.3 is 0 Å². The Morgan fingerprint density at radius 1 is 0.218 bits per heavy atom. The summed E-state index contributed by atoms with van der Waals surface area (Å²) in [4.78, 5) is 4.70. The van der Waals surface area contributed by atoms with Crippen molar-refractivity contribution in [3.05, 3.63) is 363 Å². The van der Waals surface area contributed by atoms with Crippen LogP contribution in [0.25, 0.3) is 184 Å². The number of anilines is 6. The van der Waals surface area contributed by atoms with Crippen molar-refractivity contribution < 1.29 is 17.7 Å². The van der Waals surface area contributed by atoms with Gasteiger partial charge in [-0.1, -0.05) is 220 Å². The summed E-state index contributed by atoms with van der Waals surface area (Å²) in [6.07, 6.45) is 0. The molecule has 6 nitrogen and oxygen atoms in total. The van der Waals surface area contributed by atoms with Gasteiger partial charge in [-0.05, 0) is 198 Å². The third-order valence-corrected chi connectivity index (χ3v) is 24.4. The van der Waals surface area contributed by atoms with Crippen LogP contribution in [-0.2, 0) is 5.41 Å². The summed E-state index contributed by atoms with van der Waals surface area (Å²) in [5, 5.41) is 21.1. The van der Waals surface area contributed by atoms with Gasteiger partial charge in [0.15, 0.2) is 0 Å². The van der Waals surface area contributed by atoms with Gasteiger partial charge in [-0.25, -0.2) is 0 Å². The predicted molar refractivity (Wildman–Crippen MR) is 463 cm³/mol. The van der Waals surface area contributed by atoms with Gasteiger partial charge in [-0.2, -0.15) is 0 Å². The number of para-hydroxylation sites is 2. The maximum atomic E-state index is 6.68. The van der Waals surface area contributed by atoms with Crippen LogP contribution in [0.3, 0.4) is 0 Å². The highest BCUT2D eigenvalue weighted by molar-refractivity contribution is 7.25. The first-order valence-corrected chi connectivity index (χ1v) is 38.4. The van der Waals surface area contributed by atoms with Crippen LogP contribution in [0, 0.1) is 0 Å². The molecule has 0 unspecified atom stereocenters. The minimum absolute atomic E-state index is 0.0162. The van der Waals surface area contributed by atoms with Gasteiger partial charge in [-0.3, -0.25) is 0 Å². The van der Waals surface area contributed by atoms with Crippen molar-refractivity contribution in [1.82, 2.24) is 0 Å². The fraction of sp³-hybridized carbons (Fsp3) is 0.0291. The summed E-state index contributed by atoms with van der Waals surface area (Å²) in [7, 11) is 0. The molecule has 0 N–H and O–H groups in total. The molecular formula is C103H64N2O4S. The van der Waals surface area contributed by atoms with E-state index in [1.54, 1.807) is 0 Å². The lowest BCUT2D eigenvalue weighted by molar-refractivity contribution is 0.660. The quantitative estimate of drug-likeness (QED) is 0.141. The van der Waals surface area contributed by atoms with Gasteiger partial charge in [-0.15, -0.1) is 11.3 Å². The van der Waals surface area contributed by atoms with Gasteiger partial charge in [0.05, 0.1) is 11.4 Å². The fourth-order valence-corrected chi connectivity index (χ4v) is 19.1. The Labute approximate surface area is 635 Å². The Morgan fingerprint density at radius 3 is 1.07 bits per heavy atom. The number of benzene rings is 18. The molecule has 24 rings (SSSR count). The third-order valence-electron chi connectivity index (χ3n) is 23.3. The highest BCUT2D eigenvalue weighted by Crippen LogP contribution is 2.52. The molecule has 0 amide bonds. The Kier molecular flexibility index (Phi) is 13.6. The molecule has 1 aliphatic rings. The van der Waals surface area contributed by atoms with E-state index >= 15 is 0 Å². The number of thiophene rings is 1. The van der Waals surface area contributed by atoms with Crippen molar-refractivity contribution in [3.8, 4) is 33.4 Å². The van der Waals surface area contributed by atoms with E-state index in [9.17, 15) is 0 Å². The molecule has 0 radical (unpaired) electrons. The maximum absolute atomic E-state index is 6.68. The lowest BCUT2D eigenvalue weighted by atomic mass is 9.82. The monoisotopic (exact) mass is 1420 g/mol. The Hall–Kier alpha value is -14.0. The van der Waals surface area contributed by atoms with Gasteiger partial charge < -0.3 is 27.5 Å². The zero-order chi connectivity index (χ0) is 72.5. The van der Waals surface area contributed by atoms with Crippen LogP contribution in [0.5, 0.6) is 0 Å². The van der Waals surface area contributed by atoms with Crippen molar-refractivity contribution in [2.75, 3.05) is 9.80 Å². The first kappa shape index (κ1) is 62.2. The zero-order valence-corrected chi connectivity index (χ0v) is 60.7. The molecule has 23 aromatic rings. The minimum Gasteiger partial charge on any atom is -0.456 e. The van der Waals surface area contributed by atoms with Crippen LogP contribution in [0.15, 0.2) is 370 Å². The van der Waals surface area contributed by atoms with E-state index in [2.05, 4.69) is 351 Å². The second-order valence-electron chi connectivity index (χ2n) is 29.8. The third kappa shape index (κ3) is 9.67. The summed E-state index contributed by atoms with van der Waals surface area (Å²) in [6, 6.07) is 127. The van der Waals surface area contributed by atoms with E-state index in [4.69, 9.17) is 17.7 Å². The van der Waals surface area contributed by atoms with Crippen molar-refractivity contribution in [2.45, 2.75) is 19.3 Å². The number of nitrogens with zero attached hydrogens (tertiary/aromatic N) is 2. The van der Waals surface area contributed by atoms with Gasteiger partial charge in [0.25, 0.3) is 0 Å². The second-order valence-corrected chi connectivity index (χ2v) is 30.9. The number of hydrogen-bond donors (Lipinski definition) is 0. The maximum Gasteiger partial charge on any atom is 0.137 e. The fourth-order valence-electron chi connectivity index (χ4n) is 18.0. The van der Waals surface area contributed by atoms with Gasteiger partial charge in [0.1, 0.15) is 44.7 Å². The highest BCUT2D eigenvalue weighted by atomic mass is 32.1. The summed E-state index contributed by atoms with van der Waals surface area (Å²) < 4.78 is 28.8. The molecule has 5 aromatic heterocycles. The molecule has 516 valence electrons. The van der Waals surface area contributed by atoms with Crippen LogP contribution in [0.2, 0.25) is 0 Å². The molecule has 7 heteroatoms. The molecule has 110 heavy (non-hydrogen) atoms. The molecule has 0 spiro atoms. The van der Waals surface area contributed by atoms with E-state index in [-0.39, 0.29) is 5.41 Å². The Bertz CT molecular complexity index is 7810. The van der Waals surface area contributed by atoms with Crippen molar-refractivity contribution in [2.24, 2.45) is 0 Å². The average molecular weight is 1430 g/mol. The first-order chi connectivity index (χ1) is 54.2. The van der Waals surface area contributed by atoms with E-state index in [1.165, 1.54) is 108 Å². The zero-order valence-electron chi connectivity index (χ0n) is 59.9. The Morgan fingerprint density at radius 2 is 0.564 bits per heavy atom. The lowest BCUT2D eigenvalue weighted by Crippen LogP contribution is -2.14. The number of rotatable bonds is 8. The Balaban J connectivity index is 0.000000132. The standard InChI is InChI=1S/C53H35NO2.C50H29NO2S/c1-53(2)46-17-9-7-14-39(46)44-27-32(19-25-47(44)53)33-20-26-50-45(28-33)43-24-22-36(31-52(43)56-50)54(35-21-23-42-41-16-8-10-18-49(41)55-51(42)30-35)48-29-34-11-3-4-12-37(34)38-13-5-6-15-40(38)48;1-2-10-35-32(9-1)27-44(37-12-4-3-11-36(35)37)51(33-19-21-39-38-13-5-7-15-45(38)52-47(39)28-33)34-20-22-40-42-25-30(17-23-46(42)53-48(40)29-34)31-18-24-50-43(26-31)41-14-6-8-16-49(41)54-50/h3-31H,1-2H3;1-29H. The van der Waals surface area contributed by atoms with Crippen LogP contribution in [0.4, 0.5) is 34.1 Å². The minimum atomic E-state index is -0.0162. The molecule has 5 heterocycles. The smallest absolute Gasteiger partial charge is 0.137 e. The summed E-state index contributed by atoms with van der Waals surface area (Å²) in [6.45, 7) is 4.66. The molecule has 1 aliphatic carbocycles. The molecule has 0 fully saturated rings. The molecule has 0 atom stereocenters. The summed E-state index contributed by atoms with van der Waals surface area (Å²) in [5.41, 5.74) is 23.3. The van der Waals surface area contributed by atoms with Gasteiger partial charge in [0.2, 0.25) is 0 Å². The van der Waals surface area contributed by atoms with E-state index in [0.717, 1.165) is 122 Å². The number of furan rings is 4. The van der Waals surface area contributed by atoms with Crippen LogP contribution in [-0.4, -0.2) is 0 Å². The normalized spacial score (nSPS) is 12.7. The van der Waals surface area contributed by atoms with Crippen molar-refractivity contribution in [3.63, 3.8) is 0 Å². The predicted octanol–water partition coefficient (Wildman–Crippen LogP) is 30.5. The SMILES string of the molecule is CC1(C)c2ccccc2-c2cc(-c3ccc4oc5cc(N(c6ccc7c(c6)oc6ccccc67)c6cc7ccccc7c7ccccc67)ccc5c4c3)ccc21.c1ccc2c(c1)cc(N(c1ccc3c(c1)oc1ccccc13)c1ccc3c(c1)oc1ccc(-c4ccc5sc6ccccc6c5c4)cc13)c1ccccc12. The van der Waals surface area contributed by atoms with Crippen LogP contribution < -0.4 is 9.80 Å². The summed E-state index contributed by atoms with van der Waals surface area (Å²) >= 11 is 1.85.